The Labute approximate surface area is 125 Å². The number of aliphatic hydroxyl groups is 1. The van der Waals surface area contributed by atoms with Crippen LogP contribution in [0.5, 0.6) is 0 Å². The van der Waals surface area contributed by atoms with E-state index in [-0.39, 0.29) is 5.82 Å². The van der Waals surface area contributed by atoms with Crippen molar-refractivity contribution < 1.29 is 9.50 Å². The van der Waals surface area contributed by atoms with Gasteiger partial charge in [0.1, 0.15) is 5.82 Å². The normalized spacial score (nSPS) is 32.7. The number of nitriles is 1. The first-order valence-electron chi connectivity index (χ1n) is 7.64. The minimum Gasteiger partial charge on any atom is -0.389 e. The van der Waals surface area contributed by atoms with Crippen molar-refractivity contribution in [2.75, 3.05) is 7.05 Å². The number of hydrogen-bond acceptors (Lipinski definition) is 3. The third kappa shape index (κ3) is 2.81. The summed E-state index contributed by atoms with van der Waals surface area (Å²) in [6.45, 7) is 0. The van der Waals surface area contributed by atoms with Crippen molar-refractivity contribution in [3.63, 3.8) is 0 Å². The summed E-state index contributed by atoms with van der Waals surface area (Å²) >= 11 is 0. The summed E-state index contributed by atoms with van der Waals surface area (Å²) in [5, 5.41) is 20.2. The van der Waals surface area contributed by atoms with Crippen molar-refractivity contribution in [2.24, 2.45) is 0 Å². The van der Waals surface area contributed by atoms with Gasteiger partial charge in [-0.3, -0.25) is 0 Å². The maximum Gasteiger partial charge on any atom is 0.123 e. The second kappa shape index (κ2) is 5.40. The third-order valence-electron chi connectivity index (χ3n) is 5.17. The van der Waals surface area contributed by atoms with E-state index < -0.39 is 5.60 Å². The van der Waals surface area contributed by atoms with Crippen molar-refractivity contribution in [1.82, 2.24) is 4.90 Å². The van der Waals surface area contributed by atoms with Crippen LogP contribution >= 0.6 is 0 Å². The van der Waals surface area contributed by atoms with Crippen molar-refractivity contribution in [1.29, 1.82) is 5.26 Å². The van der Waals surface area contributed by atoms with E-state index in [0.29, 0.717) is 42.5 Å². The number of rotatable bonds is 2. The summed E-state index contributed by atoms with van der Waals surface area (Å²) in [5.74, 6) is -0.347. The molecule has 0 saturated carbocycles. The molecule has 4 heteroatoms. The zero-order valence-electron chi connectivity index (χ0n) is 12.3. The second-order valence-electron chi connectivity index (χ2n) is 6.63. The van der Waals surface area contributed by atoms with E-state index in [2.05, 4.69) is 18.0 Å². The van der Waals surface area contributed by atoms with Crippen molar-refractivity contribution >= 4 is 0 Å². The molecule has 2 bridgehead atoms. The first kappa shape index (κ1) is 14.5. The van der Waals surface area contributed by atoms with Crippen LogP contribution in [-0.4, -0.2) is 34.7 Å². The van der Waals surface area contributed by atoms with Crippen LogP contribution < -0.4 is 0 Å². The Kier molecular flexibility index (Phi) is 3.73. The fourth-order valence-corrected chi connectivity index (χ4v) is 4.06. The highest BCUT2D eigenvalue weighted by molar-refractivity contribution is 5.39. The lowest BCUT2D eigenvalue weighted by atomic mass is 9.73. The van der Waals surface area contributed by atoms with Gasteiger partial charge >= 0.3 is 0 Å². The van der Waals surface area contributed by atoms with Crippen molar-refractivity contribution in [3.8, 4) is 6.07 Å². The van der Waals surface area contributed by atoms with Gasteiger partial charge in [0.05, 0.1) is 17.2 Å². The van der Waals surface area contributed by atoms with Crippen molar-refractivity contribution in [3.05, 3.63) is 35.1 Å². The van der Waals surface area contributed by atoms with Crippen molar-refractivity contribution in [2.45, 2.75) is 56.2 Å². The minimum absolute atomic E-state index is 0.347. The van der Waals surface area contributed by atoms with Crippen LogP contribution in [-0.2, 0) is 6.42 Å². The van der Waals surface area contributed by atoms with E-state index in [9.17, 15) is 9.50 Å². The lowest BCUT2D eigenvalue weighted by Crippen LogP contribution is -2.57. The molecule has 112 valence electrons. The zero-order chi connectivity index (χ0) is 15.0. The average Bonchev–Trinajstić information content (AvgIpc) is 2.41. The molecule has 1 aromatic carbocycles. The van der Waals surface area contributed by atoms with E-state index in [0.717, 1.165) is 12.8 Å². The predicted octanol–water partition coefficient (Wildman–Crippen LogP) is 2.62. The highest BCUT2D eigenvalue weighted by Crippen LogP contribution is 2.40. The molecule has 0 radical (unpaired) electrons. The lowest BCUT2D eigenvalue weighted by Gasteiger charge is -2.50. The Hall–Kier alpha value is -1.44. The number of halogens is 1. The van der Waals surface area contributed by atoms with Crippen LogP contribution in [0.2, 0.25) is 0 Å². The molecule has 2 atom stereocenters. The maximum absolute atomic E-state index is 13.5. The molecule has 3 rings (SSSR count). The molecule has 2 heterocycles. The average molecular weight is 288 g/mol. The Morgan fingerprint density at radius 1 is 1.38 bits per heavy atom. The van der Waals surface area contributed by atoms with Gasteiger partial charge in [0.2, 0.25) is 0 Å². The van der Waals surface area contributed by atoms with Crippen LogP contribution in [0.1, 0.15) is 43.2 Å². The fourth-order valence-electron chi connectivity index (χ4n) is 4.06. The van der Waals surface area contributed by atoms with Gasteiger partial charge in [-0.05, 0) is 56.5 Å². The van der Waals surface area contributed by atoms with Crippen LogP contribution in [0.4, 0.5) is 4.39 Å². The summed E-state index contributed by atoms with van der Waals surface area (Å²) in [4.78, 5) is 2.38. The molecular weight excluding hydrogens is 267 g/mol. The van der Waals surface area contributed by atoms with Gasteiger partial charge in [-0.2, -0.15) is 5.26 Å². The molecule has 2 aliphatic rings. The number of benzene rings is 1. The highest BCUT2D eigenvalue weighted by atomic mass is 19.1. The molecule has 2 saturated heterocycles. The van der Waals surface area contributed by atoms with Crippen LogP contribution in [0.3, 0.4) is 0 Å². The summed E-state index contributed by atoms with van der Waals surface area (Å²) in [7, 11) is 2.14. The topological polar surface area (TPSA) is 47.3 Å². The van der Waals surface area contributed by atoms with Crippen LogP contribution in [0.25, 0.3) is 0 Å². The molecule has 1 N–H and O–H groups in total. The molecule has 1 aromatic rings. The number of nitrogens with zero attached hydrogens (tertiary/aromatic N) is 2. The smallest absolute Gasteiger partial charge is 0.123 e. The molecule has 0 amide bonds. The molecule has 2 fully saturated rings. The largest absolute Gasteiger partial charge is 0.389 e. The number of fused-ring (bicyclic) bond motifs is 2. The van der Waals surface area contributed by atoms with Gasteiger partial charge in [0.15, 0.2) is 0 Å². The Bertz CT molecular complexity index is 567. The molecule has 2 unspecified atom stereocenters. The van der Waals surface area contributed by atoms with E-state index >= 15 is 0 Å². The van der Waals surface area contributed by atoms with Crippen LogP contribution in [0.15, 0.2) is 18.2 Å². The molecule has 0 aliphatic carbocycles. The van der Waals surface area contributed by atoms with Crippen LogP contribution in [0, 0.1) is 17.1 Å². The fraction of sp³-hybridized carbons (Fsp3) is 0.588. The standard InChI is InChI=1S/C17H21FN2O/c1-20-15-3-2-4-16(20)10-17(21,9-15)8-13-7-14(18)6-5-12(13)11-19/h5-7,15-16,21H,2-4,8-10H2,1H3. The summed E-state index contributed by atoms with van der Waals surface area (Å²) in [6.07, 6.45) is 5.24. The zero-order valence-corrected chi connectivity index (χ0v) is 12.3. The molecule has 21 heavy (non-hydrogen) atoms. The molecular formula is C17H21FN2O. The number of piperidine rings is 2. The van der Waals surface area contributed by atoms with E-state index in [1.165, 1.54) is 24.6 Å². The molecule has 2 aliphatic heterocycles. The SMILES string of the molecule is CN1C2CCCC1CC(O)(Cc1cc(F)ccc1C#N)C2. The summed E-state index contributed by atoms with van der Waals surface area (Å²) < 4.78 is 13.5. The Balaban J connectivity index is 1.84. The van der Waals surface area contributed by atoms with E-state index in [4.69, 9.17) is 5.26 Å². The Morgan fingerprint density at radius 2 is 2.05 bits per heavy atom. The lowest BCUT2D eigenvalue weighted by molar-refractivity contribution is -0.0820. The highest BCUT2D eigenvalue weighted by Gasteiger charge is 2.44. The van der Waals surface area contributed by atoms with Gasteiger partial charge in [0.25, 0.3) is 0 Å². The molecule has 3 nitrogen and oxygen atoms in total. The third-order valence-corrected chi connectivity index (χ3v) is 5.17. The van der Waals surface area contributed by atoms with Gasteiger partial charge < -0.3 is 10.0 Å². The quantitative estimate of drug-likeness (QED) is 0.910. The summed E-state index contributed by atoms with van der Waals surface area (Å²) in [5.41, 5.74) is 0.276. The molecule has 0 aromatic heterocycles. The minimum atomic E-state index is -0.818. The Morgan fingerprint density at radius 3 is 2.67 bits per heavy atom. The van der Waals surface area contributed by atoms with Gasteiger partial charge in [-0.15, -0.1) is 0 Å². The first-order valence-corrected chi connectivity index (χ1v) is 7.64. The van der Waals surface area contributed by atoms with E-state index in [1.807, 2.05) is 0 Å². The molecule has 0 spiro atoms. The second-order valence-corrected chi connectivity index (χ2v) is 6.63. The van der Waals surface area contributed by atoms with E-state index in [1.54, 1.807) is 0 Å². The van der Waals surface area contributed by atoms with Gasteiger partial charge in [-0.25, -0.2) is 4.39 Å². The monoisotopic (exact) mass is 288 g/mol. The van der Waals surface area contributed by atoms with Gasteiger partial charge in [0, 0.05) is 18.5 Å². The number of hydrogen-bond donors (Lipinski definition) is 1. The first-order chi connectivity index (χ1) is 10.0. The summed E-state index contributed by atoms with van der Waals surface area (Å²) in [6, 6.07) is 7.11. The predicted molar refractivity (Wildman–Crippen MR) is 78.2 cm³/mol. The maximum atomic E-state index is 13.5. The van der Waals surface area contributed by atoms with Gasteiger partial charge in [-0.1, -0.05) is 6.42 Å².